The molecule has 7 heteroatoms. The summed E-state index contributed by atoms with van der Waals surface area (Å²) >= 11 is 0. The van der Waals surface area contributed by atoms with Gasteiger partial charge in [0.15, 0.2) is 5.75 Å². The summed E-state index contributed by atoms with van der Waals surface area (Å²) in [6.07, 6.45) is 3.27. The molecule has 1 aromatic carbocycles. The lowest BCUT2D eigenvalue weighted by molar-refractivity contribution is 0.322. The Morgan fingerprint density at radius 2 is 1.95 bits per heavy atom. The second-order valence-electron chi connectivity index (χ2n) is 4.45. The van der Waals surface area contributed by atoms with Crippen LogP contribution in [0.15, 0.2) is 41.2 Å². The molecule has 0 spiro atoms. The smallest absolute Gasteiger partial charge is 0.262 e. The van der Waals surface area contributed by atoms with Gasteiger partial charge in [0, 0.05) is 18.9 Å². The van der Waals surface area contributed by atoms with E-state index >= 15 is 0 Å². The molecule has 0 fully saturated rings. The first kappa shape index (κ1) is 11.8. The first-order chi connectivity index (χ1) is 10.4. The molecule has 3 aromatic rings. The van der Waals surface area contributed by atoms with Gasteiger partial charge < -0.3 is 14.6 Å². The molecule has 0 atom stereocenters. The van der Waals surface area contributed by atoms with E-state index in [4.69, 9.17) is 9.26 Å². The zero-order valence-corrected chi connectivity index (χ0v) is 11.0. The zero-order valence-electron chi connectivity index (χ0n) is 11.0. The summed E-state index contributed by atoms with van der Waals surface area (Å²) in [5, 5.41) is 7.20. The average Bonchev–Trinajstić information content (AvgIpc) is 3.05. The molecule has 0 bridgehead atoms. The first-order valence-electron chi connectivity index (χ1n) is 6.53. The van der Waals surface area contributed by atoms with Crippen molar-refractivity contribution in [1.29, 1.82) is 0 Å². The minimum Gasteiger partial charge on any atom is -0.489 e. The van der Waals surface area contributed by atoms with Gasteiger partial charge in [0.25, 0.3) is 5.89 Å². The summed E-state index contributed by atoms with van der Waals surface area (Å²) in [6.45, 7) is 1.39. The van der Waals surface area contributed by atoms with Crippen molar-refractivity contribution in [3.8, 4) is 28.9 Å². The Morgan fingerprint density at radius 1 is 1.05 bits per heavy atom. The number of anilines is 1. The highest BCUT2D eigenvalue weighted by Crippen LogP contribution is 2.37. The fraction of sp³-hybridized carbons (Fsp3) is 0.143. The molecule has 1 aliphatic heterocycles. The fourth-order valence-corrected chi connectivity index (χ4v) is 2.18. The molecule has 1 aliphatic rings. The van der Waals surface area contributed by atoms with E-state index in [1.165, 1.54) is 0 Å². The molecular formula is C14H11N5O2. The molecule has 0 saturated carbocycles. The van der Waals surface area contributed by atoms with E-state index < -0.39 is 0 Å². The molecule has 21 heavy (non-hydrogen) atoms. The highest BCUT2D eigenvalue weighted by atomic mass is 16.5. The van der Waals surface area contributed by atoms with Gasteiger partial charge in [-0.25, -0.2) is 9.97 Å². The van der Waals surface area contributed by atoms with Crippen LogP contribution in [0.5, 0.6) is 5.75 Å². The summed E-state index contributed by atoms with van der Waals surface area (Å²) in [7, 11) is 0. The number of benzene rings is 1. The number of fused-ring (bicyclic) bond motifs is 1. The molecule has 4 rings (SSSR count). The van der Waals surface area contributed by atoms with Crippen molar-refractivity contribution in [3.05, 3.63) is 36.7 Å². The predicted molar refractivity (Wildman–Crippen MR) is 74.7 cm³/mol. The van der Waals surface area contributed by atoms with Gasteiger partial charge in [0.2, 0.25) is 11.6 Å². The molecule has 7 nitrogen and oxygen atoms in total. The van der Waals surface area contributed by atoms with Crippen molar-refractivity contribution >= 4 is 5.69 Å². The Balaban J connectivity index is 1.77. The van der Waals surface area contributed by atoms with Gasteiger partial charge >= 0.3 is 0 Å². The summed E-state index contributed by atoms with van der Waals surface area (Å²) in [4.78, 5) is 12.6. The van der Waals surface area contributed by atoms with Gasteiger partial charge in [-0.2, -0.15) is 4.98 Å². The first-order valence-corrected chi connectivity index (χ1v) is 6.53. The van der Waals surface area contributed by atoms with Crippen LogP contribution in [0.3, 0.4) is 0 Å². The van der Waals surface area contributed by atoms with E-state index in [2.05, 4.69) is 25.4 Å². The number of rotatable bonds is 2. The van der Waals surface area contributed by atoms with Crippen LogP contribution in [0, 0.1) is 0 Å². The molecule has 0 radical (unpaired) electrons. The maximum atomic E-state index is 5.70. The van der Waals surface area contributed by atoms with Gasteiger partial charge in [0.1, 0.15) is 6.61 Å². The minimum absolute atomic E-state index is 0.354. The molecule has 0 amide bonds. The highest BCUT2D eigenvalue weighted by molar-refractivity contribution is 5.75. The van der Waals surface area contributed by atoms with Crippen LogP contribution >= 0.6 is 0 Å². The quantitative estimate of drug-likeness (QED) is 0.768. The van der Waals surface area contributed by atoms with Crippen LogP contribution in [-0.2, 0) is 0 Å². The van der Waals surface area contributed by atoms with E-state index in [1.807, 2.05) is 18.2 Å². The summed E-state index contributed by atoms with van der Waals surface area (Å²) in [5.41, 5.74) is 1.68. The Bertz CT molecular complexity index is 772. The maximum absolute atomic E-state index is 5.70. The van der Waals surface area contributed by atoms with Crippen LogP contribution in [0.4, 0.5) is 5.69 Å². The monoisotopic (exact) mass is 281 g/mol. The van der Waals surface area contributed by atoms with E-state index in [0.717, 1.165) is 23.5 Å². The minimum atomic E-state index is 0.354. The van der Waals surface area contributed by atoms with Crippen molar-refractivity contribution < 1.29 is 9.26 Å². The Morgan fingerprint density at radius 3 is 2.86 bits per heavy atom. The van der Waals surface area contributed by atoms with Crippen LogP contribution in [0.2, 0.25) is 0 Å². The molecule has 1 N–H and O–H groups in total. The molecule has 0 aliphatic carbocycles. The predicted octanol–water partition coefficient (Wildman–Crippen LogP) is 2.00. The maximum Gasteiger partial charge on any atom is 0.262 e. The van der Waals surface area contributed by atoms with Gasteiger partial charge in [-0.1, -0.05) is 11.2 Å². The molecule has 0 unspecified atom stereocenters. The lowest BCUT2D eigenvalue weighted by Gasteiger charge is -2.20. The Labute approximate surface area is 120 Å². The Hall–Kier alpha value is -2.96. The second-order valence-corrected chi connectivity index (χ2v) is 4.45. The number of hydrogen-bond acceptors (Lipinski definition) is 7. The molecule has 2 aromatic heterocycles. The summed E-state index contributed by atoms with van der Waals surface area (Å²) < 4.78 is 11.0. The van der Waals surface area contributed by atoms with Gasteiger partial charge in [0.05, 0.1) is 11.3 Å². The fourth-order valence-electron chi connectivity index (χ4n) is 2.18. The van der Waals surface area contributed by atoms with Crippen molar-refractivity contribution in [2.45, 2.75) is 0 Å². The van der Waals surface area contributed by atoms with Crippen LogP contribution in [0.25, 0.3) is 23.1 Å². The van der Waals surface area contributed by atoms with E-state index in [1.54, 1.807) is 18.5 Å². The van der Waals surface area contributed by atoms with E-state index in [9.17, 15) is 0 Å². The summed E-state index contributed by atoms with van der Waals surface area (Å²) in [6, 6.07) is 7.49. The third-order valence-electron chi connectivity index (χ3n) is 3.10. The molecular weight excluding hydrogens is 270 g/mol. The van der Waals surface area contributed by atoms with Gasteiger partial charge in [-0.15, -0.1) is 0 Å². The van der Waals surface area contributed by atoms with Crippen molar-refractivity contribution in [1.82, 2.24) is 20.1 Å². The lowest BCUT2D eigenvalue weighted by Crippen LogP contribution is -2.18. The summed E-state index contributed by atoms with van der Waals surface area (Å²) in [5.74, 6) is 1.90. The number of para-hydroxylation sites is 1. The van der Waals surface area contributed by atoms with E-state index in [0.29, 0.717) is 24.1 Å². The topological polar surface area (TPSA) is 86.0 Å². The number of nitrogens with one attached hydrogen (secondary N) is 1. The number of nitrogens with zero attached hydrogens (tertiary/aromatic N) is 4. The SMILES string of the molecule is c1cnc(-c2noc(-c3cccc4c3OCCN4)n2)nc1. The standard InChI is InChI=1S/C14H11N5O2/c1-3-9(11-10(4-1)15-7-8-20-11)14-18-13(19-21-14)12-16-5-2-6-17-12/h1-6,15H,7-8H2. The number of hydrogen-bond donors (Lipinski definition) is 1. The normalized spacial score (nSPS) is 13.1. The molecule has 104 valence electrons. The van der Waals surface area contributed by atoms with Crippen LogP contribution in [0.1, 0.15) is 0 Å². The van der Waals surface area contributed by atoms with Crippen molar-refractivity contribution in [3.63, 3.8) is 0 Å². The van der Waals surface area contributed by atoms with E-state index in [-0.39, 0.29) is 0 Å². The van der Waals surface area contributed by atoms with Crippen LogP contribution in [-0.4, -0.2) is 33.3 Å². The highest BCUT2D eigenvalue weighted by Gasteiger charge is 2.20. The van der Waals surface area contributed by atoms with Crippen LogP contribution < -0.4 is 10.1 Å². The van der Waals surface area contributed by atoms with Gasteiger partial charge in [-0.05, 0) is 18.2 Å². The average molecular weight is 281 g/mol. The van der Waals surface area contributed by atoms with Crippen molar-refractivity contribution in [2.24, 2.45) is 0 Å². The lowest BCUT2D eigenvalue weighted by atomic mass is 10.1. The second kappa shape index (κ2) is 4.86. The number of ether oxygens (including phenoxy) is 1. The zero-order chi connectivity index (χ0) is 14.1. The third kappa shape index (κ3) is 2.08. The molecule has 3 heterocycles. The Kier molecular flexibility index (Phi) is 2.74. The van der Waals surface area contributed by atoms with Crippen molar-refractivity contribution in [2.75, 3.05) is 18.5 Å². The third-order valence-corrected chi connectivity index (χ3v) is 3.10. The number of aromatic nitrogens is 4. The largest absolute Gasteiger partial charge is 0.489 e. The molecule has 0 saturated heterocycles. The van der Waals surface area contributed by atoms with Gasteiger partial charge in [-0.3, -0.25) is 0 Å².